The average Bonchev–Trinajstić information content (AvgIpc) is 3.44. The number of nitrogens with zero attached hydrogens (tertiary/aromatic N) is 2. The van der Waals surface area contributed by atoms with E-state index in [4.69, 9.17) is 9.47 Å². The smallest absolute Gasteiger partial charge is 0.315 e. The molecule has 8 nitrogen and oxygen atoms in total. The highest BCUT2D eigenvalue weighted by atomic mass is 32.2. The molecular formula is C34H42N4O4S2. The Bertz CT molecular complexity index is 1410. The van der Waals surface area contributed by atoms with Crippen molar-refractivity contribution in [2.45, 2.75) is 93.9 Å². The fourth-order valence-electron chi connectivity index (χ4n) is 8.32. The summed E-state index contributed by atoms with van der Waals surface area (Å²) in [7, 11) is 0. The van der Waals surface area contributed by atoms with E-state index in [0.717, 1.165) is 74.4 Å². The second-order valence-corrected chi connectivity index (χ2v) is 15.9. The fraction of sp³-hybridized carbons (Fsp3) is 0.559. The predicted octanol–water partition coefficient (Wildman–Crippen LogP) is 6.69. The molecule has 4 unspecified atom stereocenters. The van der Waals surface area contributed by atoms with Crippen molar-refractivity contribution < 1.29 is 19.4 Å². The zero-order valence-electron chi connectivity index (χ0n) is 25.4. The molecule has 5 fully saturated rings. The van der Waals surface area contributed by atoms with Gasteiger partial charge >= 0.3 is 6.03 Å². The number of aromatic nitrogens is 2. The first-order chi connectivity index (χ1) is 21.3. The Balaban J connectivity index is 1.00. The van der Waals surface area contributed by atoms with Crippen LogP contribution in [0.15, 0.2) is 52.9 Å². The highest BCUT2D eigenvalue weighted by Gasteiger charge is 2.51. The number of thioether (sulfide) groups is 1. The Morgan fingerprint density at radius 1 is 0.955 bits per heavy atom. The summed E-state index contributed by atoms with van der Waals surface area (Å²) in [5.74, 6) is 3.23. The van der Waals surface area contributed by atoms with Crippen LogP contribution in [0, 0.1) is 30.6 Å². The summed E-state index contributed by atoms with van der Waals surface area (Å²) in [4.78, 5) is 13.0. The second-order valence-electron chi connectivity index (χ2n) is 13.5. The number of hydrogen-bond acceptors (Lipinski definition) is 8. The van der Waals surface area contributed by atoms with E-state index in [0.29, 0.717) is 6.54 Å². The van der Waals surface area contributed by atoms with E-state index >= 15 is 0 Å². The minimum Gasteiger partial charge on any atom is -0.392 e. The Kier molecular flexibility index (Phi) is 8.72. The summed E-state index contributed by atoms with van der Waals surface area (Å²) in [6.45, 7) is 4.62. The van der Waals surface area contributed by atoms with Crippen LogP contribution >= 0.6 is 23.1 Å². The fourth-order valence-corrected chi connectivity index (χ4v) is 10.3. The lowest BCUT2D eigenvalue weighted by Crippen LogP contribution is -2.61. The molecule has 3 aromatic rings. The minimum atomic E-state index is -0.531. The van der Waals surface area contributed by atoms with Gasteiger partial charge in [0.1, 0.15) is 5.01 Å². The number of amides is 2. The van der Waals surface area contributed by atoms with Gasteiger partial charge in [-0.15, -0.1) is 10.2 Å². The van der Waals surface area contributed by atoms with Gasteiger partial charge in [-0.3, -0.25) is 0 Å². The molecular weight excluding hydrogens is 593 g/mol. The molecule has 1 saturated heterocycles. The molecule has 1 aromatic heterocycles. The SMILES string of the molecule is Cc1nnc(SCC2OC(c3ccc(CNC(=O)NC45CC6CC(CC(C6)C4)C5)cc3)OC(c3ccc(CO)cc3)C2C)s1. The summed E-state index contributed by atoms with van der Waals surface area (Å²) in [5.41, 5.74) is 3.93. The normalized spacial score (nSPS) is 32.5. The van der Waals surface area contributed by atoms with Gasteiger partial charge in [-0.1, -0.05) is 78.6 Å². The monoisotopic (exact) mass is 634 g/mol. The lowest BCUT2D eigenvalue weighted by atomic mass is 9.53. The number of aliphatic hydroxyl groups is 1. The summed E-state index contributed by atoms with van der Waals surface area (Å²) < 4.78 is 14.1. The molecule has 10 heteroatoms. The maximum atomic E-state index is 13.0. The molecule has 4 saturated carbocycles. The number of ether oxygens (including phenoxy) is 2. The van der Waals surface area contributed by atoms with Crippen molar-refractivity contribution in [1.82, 2.24) is 20.8 Å². The van der Waals surface area contributed by atoms with Crippen LogP contribution in [-0.4, -0.2) is 38.7 Å². The number of hydrogen-bond donors (Lipinski definition) is 3. The molecule has 2 aromatic carbocycles. The van der Waals surface area contributed by atoms with Gasteiger partial charge in [-0.25, -0.2) is 4.79 Å². The van der Waals surface area contributed by atoms with Crippen molar-refractivity contribution in [3.05, 3.63) is 75.8 Å². The maximum absolute atomic E-state index is 13.0. The van der Waals surface area contributed by atoms with Crippen LogP contribution in [0.3, 0.4) is 0 Å². The first-order valence-electron chi connectivity index (χ1n) is 15.9. The first-order valence-corrected chi connectivity index (χ1v) is 17.7. The topological polar surface area (TPSA) is 106 Å². The summed E-state index contributed by atoms with van der Waals surface area (Å²) in [6.07, 6.45) is 6.76. The van der Waals surface area contributed by atoms with Gasteiger partial charge in [0.2, 0.25) is 0 Å². The van der Waals surface area contributed by atoms with Crippen LogP contribution in [0.5, 0.6) is 0 Å². The van der Waals surface area contributed by atoms with Crippen molar-refractivity contribution in [3.8, 4) is 0 Å². The number of urea groups is 1. The van der Waals surface area contributed by atoms with Gasteiger partial charge in [-0.2, -0.15) is 0 Å². The van der Waals surface area contributed by atoms with Crippen LogP contribution in [0.2, 0.25) is 0 Å². The highest BCUT2D eigenvalue weighted by Crippen LogP contribution is 2.55. The maximum Gasteiger partial charge on any atom is 0.315 e. The van der Waals surface area contributed by atoms with Gasteiger partial charge in [0.05, 0.1) is 18.8 Å². The Labute approximate surface area is 267 Å². The predicted molar refractivity (Wildman–Crippen MR) is 171 cm³/mol. The van der Waals surface area contributed by atoms with E-state index < -0.39 is 6.29 Å². The largest absolute Gasteiger partial charge is 0.392 e. The Hall–Kier alpha value is -2.50. The van der Waals surface area contributed by atoms with Gasteiger partial charge in [0.15, 0.2) is 10.6 Å². The van der Waals surface area contributed by atoms with Crippen molar-refractivity contribution in [3.63, 3.8) is 0 Å². The van der Waals surface area contributed by atoms with Crippen LogP contribution in [-0.2, 0) is 22.6 Å². The van der Waals surface area contributed by atoms with E-state index in [1.807, 2.05) is 55.5 Å². The molecule has 0 spiro atoms. The summed E-state index contributed by atoms with van der Waals surface area (Å²) in [6, 6.07) is 16.1. The van der Waals surface area contributed by atoms with Gasteiger partial charge in [0, 0.05) is 29.3 Å². The third-order valence-electron chi connectivity index (χ3n) is 10.1. The minimum absolute atomic E-state index is 0.00811. The number of carbonyl (C=O) groups excluding carboxylic acids is 1. The second kappa shape index (κ2) is 12.7. The molecule has 8 rings (SSSR count). The zero-order valence-corrected chi connectivity index (χ0v) is 27.0. The van der Waals surface area contributed by atoms with E-state index in [-0.39, 0.29) is 36.3 Å². The number of carbonyl (C=O) groups is 1. The van der Waals surface area contributed by atoms with Gasteiger partial charge in [-0.05, 0) is 79.9 Å². The third kappa shape index (κ3) is 6.56. The lowest BCUT2D eigenvalue weighted by molar-refractivity contribution is -0.268. The van der Waals surface area contributed by atoms with Crippen LogP contribution in [0.1, 0.15) is 85.1 Å². The van der Waals surface area contributed by atoms with E-state index in [1.54, 1.807) is 23.1 Å². The van der Waals surface area contributed by atoms with E-state index in [1.165, 1.54) is 19.3 Å². The highest BCUT2D eigenvalue weighted by molar-refractivity contribution is 8.01. The molecule has 3 N–H and O–H groups in total. The molecule has 2 heterocycles. The Morgan fingerprint density at radius 2 is 1.59 bits per heavy atom. The summed E-state index contributed by atoms with van der Waals surface area (Å²) in [5, 5.41) is 25.4. The van der Waals surface area contributed by atoms with Crippen LogP contribution < -0.4 is 10.6 Å². The molecule has 2 amide bonds. The molecule has 4 atom stereocenters. The molecule has 44 heavy (non-hydrogen) atoms. The first kappa shape index (κ1) is 30.2. The number of rotatable bonds is 9. The molecule has 4 bridgehead atoms. The van der Waals surface area contributed by atoms with Crippen LogP contribution in [0.4, 0.5) is 4.79 Å². The van der Waals surface area contributed by atoms with Crippen molar-refractivity contribution >= 4 is 29.1 Å². The standard InChI is InChI=1S/C34H42N4O4S2/c1-20-29(19-43-33-38-37-21(2)44-33)41-31(42-30(20)27-7-5-23(18-39)6-8-27)28-9-3-22(4-10-28)17-35-32(40)36-34-14-24-11-25(15-34)13-26(12-24)16-34/h3-10,20,24-26,29-31,39H,11-19H2,1-2H3,(H2,35,36,40). The van der Waals surface area contributed by atoms with E-state index in [9.17, 15) is 9.90 Å². The number of nitrogens with one attached hydrogen (secondary N) is 2. The average molecular weight is 635 g/mol. The molecule has 0 radical (unpaired) electrons. The zero-order chi connectivity index (χ0) is 30.3. The molecule has 5 aliphatic rings. The Morgan fingerprint density at radius 3 is 2.20 bits per heavy atom. The van der Waals surface area contributed by atoms with Gasteiger partial charge < -0.3 is 25.2 Å². The molecule has 1 aliphatic heterocycles. The molecule has 4 aliphatic carbocycles. The quantitative estimate of drug-likeness (QED) is 0.225. The van der Waals surface area contributed by atoms with Crippen LogP contribution in [0.25, 0.3) is 0 Å². The van der Waals surface area contributed by atoms with Crippen molar-refractivity contribution in [2.75, 3.05) is 5.75 Å². The van der Waals surface area contributed by atoms with Gasteiger partial charge in [0.25, 0.3) is 0 Å². The van der Waals surface area contributed by atoms with Crippen molar-refractivity contribution in [2.24, 2.45) is 23.7 Å². The summed E-state index contributed by atoms with van der Waals surface area (Å²) >= 11 is 3.26. The lowest BCUT2D eigenvalue weighted by Gasteiger charge is -2.56. The number of aryl methyl sites for hydroxylation is 1. The molecule has 234 valence electrons. The van der Waals surface area contributed by atoms with Crippen molar-refractivity contribution in [1.29, 1.82) is 0 Å². The van der Waals surface area contributed by atoms with E-state index in [2.05, 4.69) is 27.8 Å². The number of benzene rings is 2. The number of aliphatic hydroxyl groups excluding tert-OH is 1. The third-order valence-corrected chi connectivity index (χ3v) is 12.2.